The maximum absolute atomic E-state index is 11.2. The molecule has 0 saturated carbocycles. The van der Waals surface area contributed by atoms with Crippen LogP contribution in [0.15, 0.2) is 24.3 Å². The zero-order chi connectivity index (χ0) is 12.6. The minimum absolute atomic E-state index is 0.348. The highest BCUT2D eigenvalue weighted by molar-refractivity contribution is 6.33. The summed E-state index contributed by atoms with van der Waals surface area (Å²) in [5.41, 5.74) is 0.513. The molecule has 0 amide bonds. The molecule has 1 aliphatic rings. The van der Waals surface area contributed by atoms with Crippen LogP contribution in [0.3, 0.4) is 0 Å². The first-order chi connectivity index (χ1) is 7.94. The molecule has 2 rings (SSSR count). The van der Waals surface area contributed by atoms with E-state index in [-0.39, 0.29) is 5.92 Å². The summed E-state index contributed by atoms with van der Waals surface area (Å²) in [5, 5.41) is 9.90. The topological polar surface area (TPSA) is 40.5 Å². The fourth-order valence-electron chi connectivity index (χ4n) is 2.61. The standard InChI is InChI=1S/C13H16ClNO2/c1-13(2)9(12(16)17)7-8-15(13)11-6-4-3-5-10(11)14/h3-6,9H,7-8H2,1-2H3,(H,16,17). The third-order valence-corrected chi connectivity index (χ3v) is 3.95. The lowest BCUT2D eigenvalue weighted by Gasteiger charge is -2.36. The molecule has 17 heavy (non-hydrogen) atoms. The van der Waals surface area contributed by atoms with E-state index in [1.54, 1.807) is 0 Å². The average molecular weight is 254 g/mol. The molecule has 0 aliphatic carbocycles. The minimum Gasteiger partial charge on any atom is -0.481 e. The van der Waals surface area contributed by atoms with Crippen LogP contribution in [0.5, 0.6) is 0 Å². The summed E-state index contributed by atoms with van der Waals surface area (Å²) >= 11 is 6.17. The van der Waals surface area contributed by atoms with E-state index in [2.05, 4.69) is 4.90 Å². The number of hydrogen-bond donors (Lipinski definition) is 1. The second-order valence-corrected chi connectivity index (χ2v) is 5.34. The quantitative estimate of drug-likeness (QED) is 0.881. The fourth-order valence-corrected chi connectivity index (χ4v) is 2.85. The molecule has 0 bridgehead atoms. The van der Waals surface area contributed by atoms with E-state index < -0.39 is 11.5 Å². The summed E-state index contributed by atoms with van der Waals surface area (Å²) in [7, 11) is 0. The Labute approximate surface area is 106 Å². The predicted molar refractivity (Wildman–Crippen MR) is 68.6 cm³/mol. The lowest BCUT2D eigenvalue weighted by molar-refractivity contribution is -0.142. The summed E-state index contributed by atoms with van der Waals surface area (Å²) in [6.07, 6.45) is 0.660. The van der Waals surface area contributed by atoms with Gasteiger partial charge in [-0.25, -0.2) is 0 Å². The molecule has 0 radical (unpaired) electrons. The van der Waals surface area contributed by atoms with Crippen LogP contribution >= 0.6 is 11.6 Å². The average Bonchev–Trinajstić information content (AvgIpc) is 2.54. The minimum atomic E-state index is -0.732. The Kier molecular flexibility index (Phi) is 3.04. The second-order valence-electron chi connectivity index (χ2n) is 4.94. The van der Waals surface area contributed by atoms with Crippen molar-refractivity contribution in [1.29, 1.82) is 0 Å². The van der Waals surface area contributed by atoms with Gasteiger partial charge >= 0.3 is 5.97 Å². The van der Waals surface area contributed by atoms with Gasteiger partial charge in [0.1, 0.15) is 0 Å². The normalized spacial score (nSPS) is 22.8. The third-order valence-electron chi connectivity index (χ3n) is 3.63. The van der Waals surface area contributed by atoms with Gasteiger partial charge in [0.15, 0.2) is 0 Å². The van der Waals surface area contributed by atoms with E-state index in [1.807, 2.05) is 38.1 Å². The largest absolute Gasteiger partial charge is 0.481 e. The Morgan fingerprint density at radius 3 is 2.65 bits per heavy atom. The molecule has 1 N–H and O–H groups in total. The van der Waals surface area contributed by atoms with Crippen molar-refractivity contribution in [2.75, 3.05) is 11.4 Å². The Bertz CT molecular complexity index is 445. The van der Waals surface area contributed by atoms with Crippen LogP contribution in [-0.4, -0.2) is 23.2 Å². The van der Waals surface area contributed by atoms with Gasteiger partial charge in [0, 0.05) is 12.1 Å². The van der Waals surface area contributed by atoms with Crippen LogP contribution < -0.4 is 4.90 Å². The number of anilines is 1. The van der Waals surface area contributed by atoms with Gasteiger partial charge in [-0.05, 0) is 32.4 Å². The molecule has 1 unspecified atom stereocenters. The molecule has 0 aromatic heterocycles. The van der Waals surface area contributed by atoms with Crippen molar-refractivity contribution in [1.82, 2.24) is 0 Å². The number of carboxylic acids is 1. The SMILES string of the molecule is CC1(C)C(C(=O)O)CCN1c1ccccc1Cl. The number of carboxylic acid groups (broad SMARTS) is 1. The van der Waals surface area contributed by atoms with Crippen molar-refractivity contribution in [3.8, 4) is 0 Å². The summed E-state index contributed by atoms with van der Waals surface area (Å²) < 4.78 is 0. The first-order valence-corrected chi connectivity index (χ1v) is 6.07. The van der Waals surface area contributed by atoms with Gasteiger partial charge in [0.2, 0.25) is 0 Å². The van der Waals surface area contributed by atoms with Crippen molar-refractivity contribution in [3.05, 3.63) is 29.3 Å². The predicted octanol–water partition coefficient (Wildman–Crippen LogP) is 3.03. The molecule has 1 atom stereocenters. The van der Waals surface area contributed by atoms with E-state index in [4.69, 9.17) is 11.6 Å². The Morgan fingerprint density at radius 2 is 2.12 bits per heavy atom. The van der Waals surface area contributed by atoms with Gasteiger partial charge in [-0.2, -0.15) is 0 Å². The van der Waals surface area contributed by atoms with Crippen molar-refractivity contribution < 1.29 is 9.90 Å². The summed E-state index contributed by atoms with van der Waals surface area (Å²) in [4.78, 5) is 13.3. The molecule has 1 aromatic rings. The maximum atomic E-state index is 11.2. The van der Waals surface area contributed by atoms with Crippen molar-refractivity contribution in [3.63, 3.8) is 0 Å². The molecule has 3 nitrogen and oxygen atoms in total. The number of halogens is 1. The molecule has 0 spiro atoms. The number of carbonyl (C=O) groups is 1. The molecule has 1 aromatic carbocycles. The first-order valence-electron chi connectivity index (χ1n) is 5.69. The molecule has 1 heterocycles. The van der Waals surface area contributed by atoms with E-state index in [9.17, 15) is 9.90 Å². The third kappa shape index (κ3) is 2.00. The molecule has 1 fully saturated rings. The van der Waals surface area contributed by atoms with Crippen LogP contribution in [0, 0.1) is 5.92 Å². The van der Waals surface area contributed by atoms with Gasteiger partial charge in [-0.3, -0.25) is 4.79 Å². The van der Waals surface area contributed by atoms with Gasteiger partial charge in [-0.15, -0.1) is 0 Å². The lowest BCUT2D eigenvalue weighted by atomic mass is 9.88. The number of nitrogens with zero attached hydrogens (tertiary/aromatic N) is 1. The van der Waals surface area contributed by atoms with E-state index in [0.29, 0.717) is 11.4 Å². The highest BCUT2D eigenvalue weighted by Crippen LogP contribution is 2.40. The number of rotatable bonds is 2. The second kappa shape index (κ2) is 4.22. The Hall–Kier alpha value is -1.22. The van der Waals surface area contributed by atoms with Crippen molar-refractivity contribution >= 4 is 23.3 Å². The Balaban J connectivity index is 2.36. The summed E-state index contributed by atoms with van der Waals surface area (Å²) in [6.45, 7) is 4.65. The zero-order valence-corrected chi connectivity index (χ0v) is 10.7. The van der Waals surface area contributed by atoms with Gasteiger partial charge in [0.05, 0.1) is 16.6 Å². The van der Waals surface area contributed by atoms with Crippen molar-refractivity contribution in [2.45, 2.75) is 25.8 Å². The van der Waals surface area contributed by atoms with Crippen LogP contribution in [-0.2, 0) is 4.79 Å². The number of benzene rings is 1. The lowest BCUT2D eigenvalue weighted by Crippen LogP contribution is -2.45. The fraction of sp³-hybridized carbons (Fsp3) is 0.462. The highest BCUT2D eigenvalue weighted by atomic mass is 35.5. The zero-order valence-electron chi connectivity index (χ0n) is 9.98. The molecule has 1 saturated heterocycles. The molecule has 1 aliphatic heterocycles. The summed E-state index contributed by atoms with van der Waals surface area (Å²) in [6, 6.07) is 7.57. The molecular weight excluding hydrogens is 238 g/mol. The van der Waals surface area contributed by atoms with Crippen LogP contribution in [0.25, 0.3) is 0 Å². The molecular formula is C13H16ClNO2. The van der Waals surface area contributed by atoms with E-state index >= 15 is 0 Å². The van der Waals surface area contributed by atoms with Gasteiger partial charge in [-0.1, -0.05) is 23.7 Å². The smallest absolute Gasteiger partial charge is 0.308 e. The van der Waals surface area contributed by atoms with Crippen LogP contribution in [0.1, 0.15) is 20.3 Å². The highest BCUT2D eigenvalue weighted by Gasteiger charge is 2.45. The van der Waals surface area contributed by atoms with Crippen LogP contribution in [0.2, 0.25) is 5.02 Å². The van der Waals surface area contributed by atoms with E-state index in [0.717, 1.165) is 12.2 Å². The number of para-hydroxylation sites is 1. The molecule has 4 heteroatoms. The van der Waals surface area contributed by atoms with Gasteiger partial charge < -0.3 is 10.0 Å². The summed E-state index contributed by atoms with van der Waals surface area (Å²) in [5.74, 6) is -1.08. The van der Waals surface area contributed by atoms with Crippen molar-refractivity contribution in [2.24, 2.45) is 5.92 Å². The first kappa shape index (κ1) is 12.2. The number of aliphatic carboxylic acids is 1. The van der Waals surface area contributed by atoms with E-state index in [1.165, 1.54) is 0 Å². The number of hydrogen-bond acceptors (Lipinski definition) is 2. The maximum Gasteiger partial charge on any atom is 0.308 e. The van der Waals surface area contributed by atoms with Crippen LogP contribution in [0.4, 0.5) is 5.69 Å². The molecule has 92 valence electrons. The monoisotopic (exact) mass is 253 g/mol. The van der Waals surface area contributed by atoms with Gasteiger partial charge in [0.25, 0.3) is 0 Å². The Morgan fingerprint density at radius 1 is 1.47 bits per heavy atom.